The summed E-state index contributed by atoms with van der Waals surface area (Å²) in [5, 5.41) is 5.39. The number of nitrogens with zero attached hydrogens (tertiary/aromatic N) is 2. The molecule has 8 nitrogen and oxygen atoms in total. The predicted molar refractivity (Wildman–Crippen MR) is 114 cm³/mol. The highest BCUT2D eigenvalue weighted by atomic mass is 32.2. The third kappa shape index (κ3) is 5.80. The van der Waals surface area contributed by atoms with E-state index in [0.717, 1.165) is 9.87 Å². The summed E-state index contributed by atoms with van der Waals surface area (Å²) in [6, 6.07) is 11.5. The van der Waals surface area contributed by atoms with Crippen LogP contribution in [-0.2, 0) is 21.4 Å². The van der Waals surface area contributed by atoms with Gasteiger partial charge in [-0.2, -0.15) is 0 Å². The van der Waals surface area contributed by atoms with E-state index in [2.05, 4.69) is 10.6 Å². The number of amides is 3. The zero-order valence-electron chi connectivity index (χ0n) is 17.3. The highest BCUT2D eigenvalue weighted by Gasteiger charge is 2.29. The van der Waals surface area contributed by atoms with Crippen LogP contribution >= 0.6 is 0 Å². The third-order valence-electron chi connectivity index (χ3n) is 5.02. The number of nitrogens with one attached hydrogen (secondary N) is 2. The van der Waals surface area contributed by atoms with E-state index in [1.54, 1.807) is 17.0 Å². The molecule has 0 aliphatic carbocycles. The van der Waals surface area contributed by atoms with Crippen molar-refractivity contribution in [3.8, 4) is 0 Å². The van der Waals surface area contributed by atoms with E-state index < -0.39 is 16.1 Å². The second kappa shape index (κ2) is 9.44. The van der Waals surface area contributed by atoms with E-state index in [1.807, 2.05) is 0 Å². The van der Waals surface area contributed by atoms with Gasteiger partial charge in [0, 0.05) is 51.8 Å². The zero-order valence-corrected chi connectivity index (χ0v) is 18.2. The summed E-state index contributed by atoms with van der Waals surface area (Å²) < 4.78 is 38.3. The SMILES string of the molecule is CN(C)S(=O)(=O)c1ccc(NC(=O)NCC2CC(=O)N(Cc3ccc(F)cc3)C2)cc1. The van der Waals surface area contributed by atoms with Crippen molar-refractivity contribution in [2.24, 2.45) is 5.92 Å². The van der Waals surface area contributed by atoms with Crippen molar-refractivity contribution < 1.29 is 22.4 Å². The zero-order chi connectivity index (χ0) is 22.6. The fraction of sp³-hybridized carbons (Fsp3) is 0.333. The second-order valence-corrected chi connectivity index (χ2v) is 9.77. The van der Waals surface area contributed by atoms with Crippen LogP contribution in [0.2, 0.25) is 0 Å². The van der Waals surface area contributed by atoms with Crippen molar-refractivity contribution in [3.63, 3.8) is 0 Å². The van der Waals surface area contributed by atoms with Gasteiger partial charge in [0.2, 0.25) is 15.9 Å². The molecule has 0 bridgehead atoms. The first kappa shape index (κ1) is 22.7. The molecule has 166 valence electrons. The van der Waals surface area contributed by atoms with E-state index in [1.165, 1.54) is 50.5 Å². The Morgan fingerprint density at radius 3 is 2.39 bits per heavy atom. The van der Waals surface area contributed by atoms with E-state index in [4.69, 9.17) is 0 Å². The normalized spacial score (nSPS) is 16.6. The molecule has 0 saturated carbocycles. The summed E-state index contributed by atoms with van der Waals surface area (Å²) >= 11 is 0. The Kier molecular flexibility index (Phi) is 6.91. The number of rotatable bonds is 7. The summed E-state index contributed by atoms with van der Waals surface area (Å²) in [5.74, 6) is -0.348. The quantitative estimate of drug-likeness (QED) is 0.679. The molecule has 3 rings (SSSR count). The van der Waals surface area contributed by atoms with Crippen LogP contribution in [0.4, 0.5) is 14.9 Å². The van der Waals surface area contributed by atoms with Gasteiger partial charge in [-0.05, 0) is 42.0 Å². The maximum atomic E-state index is 13.0. The predicted octanol–water partition coefficient (Wildman–Crippen LogP) is 2.25. The molecule has 1 aliphatic rings. The summed E-state index contributed by atoms with van der Waals surface area (Å²) in [4.78, 5) is 26.2. The summed E-state index contributed by atoms with van der Waals surface area (Å²) in [6.07, 6.45) is 0.332. The molecule has 1 heterocycles. The van der Waals surface area contributed by atoms with Crippen LogP contribution in [0, 0.1) is 11.7 Å². The minimum atomic E-state index is -3.53. The summed E-state index contributed by atoms with van der Waals surface area (Å²) in [5.41, 5.74) is 1.30. The molecule has 1 aliphatic heterocycles. The van der Waals surface area contributed by atoms with E-state index in [0.29, 0.717) is 31.7 Å². The minimum absolute atomic E-state index is 0.00535. The van der Waals surface area contributed by atoms with Gasteiger partial charge in [-0.1, -0.05) is 12.1 Å². The molecule has 0 radical (unpaired) electrons. The molecule has 0 spiro atoms. The number of sulfonamides is 1. The molecule has 1 atom stereocenters. The van der Waals surface area contributed by atoms with Crippen molar-refractivity contribution in [2.45, 2.75) is 17.9 Å². The average molecular weight is 449 g/mol. The highest BCUT2D eigenvalue weighted by Crippen LogP contribution is 2.20. The van der Waals surface area contributed by atoms with Crippen molar-refractivity contribution in [3.05, 3.63) is 59.9 Å². The molecule has 1 unspecified atom stereocenters. The molecule has 3 amide bonds. The number of hydrogen-bond acceptors (Lipinski definition) is 4. The maximum absolute atomic E-state index is 13.0. The monoisotopic (exact) mass is 448 g/mol. The lowest BCUT2D eigenvalue weighted by molar-refractivity contribution is -0.128. The lowest BCUT2D eigenvalue weighted by Crippen LogP contribution is -2.34. The fourth-order valence-corrected chi connectivity index (χ4v) is 4.19. The van der Waals surface area contributed by atoms with Gasteiger partial charge in [0.25, 0.3) is 0 Å². The van der Waals surface area contributed by atoms with Crippen molar-refractivity contribution in [1.29, 1.82) is 0 Å². The largest absolute Gasteiger partial charge is 0.338 e. The van der Waals surface area contributed by atoms with Crippen LogP contribution in [0.5, 0.6) is 0 Å². The van der Waals surface area contributed by atoms with Gasteiger partial charge in [0.1, 0.15) is 5.82 Å². The average Bonchev–Trinajstić information content (AvgIpc) is 3.08. The number of urea groups is 1. The first-order valence-electron chi connectivity index (χ1n) is 9.75. The Balaban J connectivity index is 1.47. The molecule has 2 aromatic rings. The lowest BCUT2D eigenvalue weighted by Gasteiger charge is -2.17. The van der Waals surface area contributed by atoms with Crippen LogP contribution < -0.4 is 10.6 Å². The molecule has 1 saturated heterocycles. The number of hydrogen-bond donors (Lipinski definition) is 2. The van der Waals surface area contributed by atoms with Crippen molar-refractivity contribution in [2.75, 3.05) is 32.5 Å². The Morgan fingerprint density at radius 2 is 1.77 bits per heavy atom. The van der Waals surface area contributed by atoms with E-state index in [9.17, 15) is 22.4 Å². The molecule has 0 aromatic heterocycles. The van der Waals surface area contributed by atoms with E-state index in [-0.39, 0.29) is 22.5 Å². The first-order chi connectivity index (χ1) is 14.6. The van der Waals surface area contributed by atoms with Gasteiger partial charge in [-0.3, -0.25) is 4.79 Å². The van der Waals surface area contributed by atoms with Gasteiger partial charge >= 0.3 is 6.03 Å². The number of carbonyl (C=O) groups is 2. The number of benzene rings is 2. The lowest BCUT2D eigenvalue weighted by atomic mass is 10.1. The molecule has 31 heavy (non-hydrogen) atoms. The number of anilines is 1. The van der Waals surface area contributed by atoms with Gasteiger partial charge in [-0.15, -0.1) is 0 Å². The van der Waals surface area contributed by atoms with E-state index >= 15 is 0 Å². The van der Waals surface area contributed by atoms with Crippen molar-refractivity contribution in [1.82, 2.24) is 14.5 Å². The van der Waals surface area contributed by atoms with Gasteiger partial charge in [0.05, 0.1) is 4.90 Å². The van der Waals surface area contributed by atoms with Crippen LogP contribution in [0.15, 0.2) is 53.4 Å². The Morgan fingerprint density at radius 1 is 1.13 bits per heavy atom. The molecule has 2 N–H and O–H groups in total. The fourth-order valence-electron chi connectivity index (χ4n) is 3.29. The Hall–Kier alpha value is -2.98. The second-order valence-electron chi connectivity index (χ2n) is 7.62. The minimum Gasteiger partial charge on any atom is -0.338 e. The Bertz CT molecular complexity index is 1040. The van der Waals surface area contributed by atoms with Crippen LogP contribution in [-0.4, -0.2) is 56.7 Å². The number of carbonyl (C=O) groups excluding carboxylic acids is 2. The highest BCUT2D eigenvalue weighted by molar-refractivity contribution is 7.89. The van der Waals surface area contributed by atoms with Gasteiger partial charge < -0.3 is 15.5 Å². The molecule has 1 fully saturated rings. The van der Waals surface area contributed by atoms with Crippen LogP contribution in [0.1, 0.15) is 12.0 Å². The first-order valence-corrected chi connectivity index (χ1v) is 11.2. The molecular formula is C21H25FN4O4S. The molecule has 2 aromatic carbocycles. The summed E-state index contributed by atoms with van der Waals surface area (Å²) in [7, 11) is -0.633. The maximum Gasteiger partial charge on any atom is 0.319 e. The van der Waals surface area contributed by atoms with Gasteiger partial charge in [-0.25, -0.2) is 21.9 Å². The van der Waals surface area contributed by atoms with Crippen LogP contribution in [0.3, 0.4) is 0 Å². The summed E-state index contributed by atoms with van der Waals surface area (Å²) in [6.45, 7) is 1.24. The third-order valence-corrected chi connectivity index (χ3v) is 6.85. The number of likely N-dealkylation sites (tertiary alicyclic amines) is 1. The topological polar surface area (TPSA) is 98.8 Å². The van der Waals surface area contributed by atoms with Gasteiger partial charge in [0.15, 0.2) is 0 Å². The smallest absolute Gasteiger partial charge is 0.319 e. The van der Waals surface area contributed by atoms with Crippen molar-refractivity contribution >= 4 is 27.6 Å². The van der Waals surface area contributed by atoms with Crippen LogP contribution in [0.25, 0.3) is 0 Å². The molecular weight excluding hydrogens is 423 g/mol. The Labute approximate surface area is 181 Å². The number of halogens is 1. The molecule has 10 heteroatoms. The standard InChI is InChI=1S/C21H25FN4O4S/c1-25(2)31(29,30)19-9-7-18(8-10-19)24-21(28)23-12-16-11-20(27)26(14-16)13-15-3-5-17(22)6-4-15/h3-10,16H,11-14H2,1-2H3,(H2,23,24,28).